The van der Waals surface area contributed by atoms with Gasteiger partial charge in [0.1, 0.15) is 0 Å². The summed E-state index contributed by atoms with van der Waals surface area (Å²) in [5, 5.41) is 2.93. The highest BCUT2D eigenvalue weighted by Gasteiger charge is 2.20. The molecule has 1 rings (SSSR count). The maximum atomic E-state index is 11.4. The molecule has 0 spiro atoms. The van der Waals surface area contributed by atoms with E-state index in [1.165, 1.54) is 19.3 Å². The summed E-state index contributed by atoms with van der Waals surface area (Å²) >= 11 is 0. The lowest BCUT2D eigenvalue weighted by atomic mass is 10.0. The van der Waals surface area contributed by atoms with Crippen LogP contribution in [-0.2, 0) is 4.79 Å². The molecule has 1 unspecified atom stereocenters. The van der Waals surface area contributed by atoms with Crippen LogP contribution in [0.15, 0.2) is 0 Å². The van der Waals surface area contributed by atoms with Gasteiger partial charge in [-0.1, -0.05) is 26.7 Å². The van der Waals surface area contributed by atoms with Gasteiger partial charge in [0.05, 0.1) is 0 Å². The molecule has 1 aliphatic carbocycles. The molecule has 3 N–H and O–H groups in total. The van der Waals surface area contributed by atoms with Crippen LogP contribution in [0.1, 0.15) is 46.0 Å². The SMILES string of the molecule is CC(C)C(N)CC(=O)NCCCC1CC1. The Kier molecular flexibility index (Phi) is 5.09. The van der Waals surface area contributed by atoms with Gasteiger partial charge in [0.25, 0.3) is 0 Å². The first kappa shape index (κ1) is 12.5. The minimum Gasteiger partial charge on any atom is -0.356 e. The molecule has 1 atom stereocenters. The van der Waals surface area contributed by atoms with E-state index in [4.69, 9.17) is 5.73 Å². The van der Waals surface area contributed by atoms with Crippen molar-refractivity contribution in [2.75, 3.05) is 6.54 Å². The highest BCUT2D eigenvalue weighted by molar-refractivity contribution is 5.76. The first-order valence-corrected chi connectivity index (χ1v) is 6.12. The fourth-order valence-corrected chi connectivity index (χ4v) is 1.55. The zero-order chi connectivity index (χ0) is 11.3. The first-order chi connectivity index (χ1) is 7.09. The summed E-state index contributed by atoms with van der Waals surface area (Å²) in [6, 6.07) is -0.00608. The van der Waals surface area contributed by atoms with Gasteiger partial charge in [-0.25, -0.2) is 0 Å². The molecule has 0 aromatic heterocycles. The number of hydrogen-bond acceptors (Lipinski definition) is 2. The number of carbonyl (C=O) groups is 1. The Morgan fingerprint density at radius 3 is 2.67 bits per heavy atom. The second kappa shape index (κ2) is 6.11. The van der Waals surface area contributed by atoms with E-state index in [0.717, 1.165) is 18.9 Å². The lowest BCUT2D eigenvalue weighted by molar-refractivity contribution is -0.121. The Labute approximate surface area is 92.8 Å². The predicted molar refractivity (Wildman–Crippen MR) is 62.4 cm³/mol. The monoisotopic (exact) mass is 212 g/mol. The van der Waals surface area contributed by atoms with Gasteiger partial charge in [0, 0.05) is 19.0 Å². The topological polar surface area (TPSA) is 55.1 Å². The van der Waals surface area contributed by atoms with Crippen molar-refractivity contribution in [3.8, 4) is 0 Å². The van der Waals surface area contributed by atoms with E-state index in [1.807, 2.05) is 13.8 Å². The molecule has 3 heteroatoms. The molecule has 88 valence electrons. The quantitative estimate of drug-likeness (QED) is 0.631. The molecule has 0 bridgehead atoms. The number of rotatable bonds is 7. The summed E-state index contributed by atoms with van der Waals surface area (Å²) in [5.41, 5.74) is 5.82. The van der Waals surface area contributed by atoms with Crippen molar-refractivity contribution in [2.24, 2.45) is 17.6 Å². The molecule has 0 radical (unpaired) electrons. The number of nitrogens with one attached hydrogen (secondary N) is 1. The van der Waals surface area contributed by atoms with Crippen LogP contribution in [-0.4, -0.2) is 18.5 Å². The molecule has 1 saturated carbocycles. The molecule has 0 aromatic rings. The van der Waals surface area contributed by atoms with Crippen LogP contribution in [0, 0.1) is 11.8 Å². The minimum absolute atomic E-state index is 0.00608. The molecule has 15 heavy (non-hydrogen) atoms. The van der Waals surface area contributed by atoms with E-state index in [-0.39, 0.29) is 11.9 Å². The standard InChI is InChI=1S/C12H24N2O/c1-9(2)11(13)8-12(15)14-7-3-4-10-5-6-10/h9-11H,3-8,13H2,1-2H3,(H,14,15). The third kappa shape index (κ3) is 5.78. The molecular weight excluding hydrogens is 188 g/mol. The second-order valence-electron chi connectivity index (χ2n) is 5.05. The van der Waals surface area contributed by atoms with E-state index in [2.05, 4.69) is 5.32 Å². The van der Waals surface area contributed by atoms with Crippen LogP contribution in [0.3, 0.4) is 0 Å². The van der Waals surface area contributed by atoms with Gasteiger partial charge in [-0.3, -0.25) is 4.79 Å². The van der Waals surface area contributed by atoms with Gasteiger partial charge in [-0.05, 0) is 24.7 Å². The van der Waals surface area contributed by atoms with Crippen LogP contribution in [0.5, 0.6) is 0 Å². The number of amides is 1. The summed E-state index contributed by atoms with van der Waals surface area (Å²) in [6.45, 7) is 4.91. The van der Waals surface area contributed by atoms with E-state index in [9.17, 15) is 4.79 Å². The van der Waals surface area contributed by atoms with Crippen LogP contribution in [0.4, 0.5) is 0 Å². The third-order valence-corrected chi connectivity index (χ3v) is 3.09. The largest absolute Gasteiger partial charge is 0.356 e. The Bertz CT molecular complexity index is 200. The highest BCUT2D eigenvalue weighted by Crippen LogP contribution is 2.33. The molecule has 1 aliphatic rings. The lowest BCUT2D eigenvalue weighted by Crippen LogP contribution is -2.35. The summed E-state index contributed by atoms with van der Waals surface area (Å²) in [4.78, 5) is 11.4. The predicted octanol–water partition coefficient (Wildman–Crippen LogP) is 1.67. The summed E-state index contributed by atoms with van der Waals surface area (Å²) in [5.74, 6) is 1.44. The Morgan fingerprint density at radius 1 is 1.47 bits per heavy atom. The van der Waals surface area contributed by atoms with Crippen molar-refractivity contribution in [1.82, 2.24) is 5.32 Å². The molecule has 0 aliphatic heterocycles. The van der Waals surface area contributed by atoms with E-state index in [0.29, 0.717) is 12.3 Å². The molecule has 0 aromatic carbocycles. The molecular formula is C12H24N2O. The second-order valence-corrected chi connectivity index (χ2v) is 5.05. The fraction of sp³-hybridized carbons (Fsp3) is 0.917. The van der Waals surface area contributed by atoms with Crippen molar-refractivity contribution in [1.29, 1.82) is 0 Å². The van der Waals surface area contributed by atoms with Crippen molar-refractivity contribution < 1.29 is 4.79 Å². The number of nitrogens with two attached hydrogens (primary N) is 1. The third-order valence-electron chi connectivity index (χ3n) is 3.09. The van der Waals surface area contributed by atoms with Crippen LogP contribution < -0.4 is 11.1 Å². The molecule has 1 amide bonds. The average molecular weight is 212 g/mol. The lowest BCUT2D eigenvalue weighted by Gasteiger charge is -2.14. The van der Waals surface area contributed by atoms with Crippen molar-refractivity contribution in [3.05, 3.63) is 0 Å². The van der Waals surface area contributed by atoms with Crippen molar-refractivity contribution >= 4 is 5.91 Å². The van der Waals surface area contributed by atoms with E-state index >= 15 is 0 Å². The van der Waals surface area contributed by atoms with Gasteiger partial charge in [-0.2, -0.15) is 0 Å². The maximum Gasteiger partial charge on any atom is 0.221 e. The summed E-state index contributed by atoms with van der Waals surface area (Å²) in [6.07, 6.45) is 5.64. The Balaban J connectivity index is 1.96. The Morgan fingerprint density at radius 2 is 2.13 bits per heavy atom. The zero-order valence-corrected chi connectivity index (χ0v) is 9.96. The molecule has 3 nitrogen and oxygen atoms in total. The van der Waals surface area contributed by atoms with Crippen molar-refractivity contribution in [2.45, 2.75) is 52.0 Å². The number of carbonyl (C=O) groups excluding carboxylic acids is 1. The van der Waals surface area contributed by atoms with Gasteiger partial charge in [-0.15, -0.1) is 0 Å². The average Bonchev–Trinajstić information content (AvgIpc) is 2.95. The molecule has 0 saturated heterocycles. The smallest absolute Gasteiger partial charge is 0.221 e. The van der Waals surface area contributed by atoms with Crippen molar-refractivity contribution in [3.63, 3.8) is 0 Å². The molecule has 0 heterocycles. The summed E-state index contributed by atoms with van der Waals surface area (Å²) in [7, 11) is 0. The fourth-order valence-electron chi connectivity index (χ4n) is 1.55. The van der Waals surface area contributed by atoms with Gasteiger partial charge in [0.15, 0.2) is 0 Å². The van der Waals surface area contributed by atoms with Gasteiger partial charge >= 0.3 is 0 Å². The van der Waals surface area contributed by atoms with Crippen LogP contribution in [0.2, 0.25) is 0 Å². The molecule has 1 fully saturated rings. The van der Waals surface area contributed by atoms with Gasteiger partial charge < -0.3 is 11.1 Å². The summed E-state index contributed by atoms with van der Waals surface area (Å²) < 4.78 is 0. The zero-order valence-electron chi connectivity index (χ0n) is 9.96. The van der Waals surface area contributed by atoms with E-state index in [1.54, 1.807) is 0 Å². The number of hydrogen-bond donors (Lipinski definition) is 2. The first-order valence-electron chi connectivity index (χ1n) is 6.12. The minimum atomic E-state index is -0.00608. The van der Waals surface area contributed by atoms with Crippen LogP contribution in [0.25, 0.3) is 0 Å². The van der Waals surface area contributed by atoms with E-state index < -0.39 is 0 Å². The van der Waals surface area contributed by atoms with Crippen LogP contribution >= 0.6 is 0 Å². The van der Waals surface area contributed by atoms with Gasteiger partial charge in [0.2, 0.25) is 5.91 Å². The maximum absolute atomic E-state index is 11.4. The Hall–Kier alpha value is -0.570. The normalized spacial score (nSPS) is 17.9. The highest BCUT2D eigenvalue weighted by atomic mass is 16.1.